The number of phenols is 1. The number of aromatic hydroxyl groups is 1. The quantitative estimate of drug-likeness (QED) is 0.810. The molecule has 0 saturated heterocycles. The molecule has 4 nitrogen and oxygen atoms in total. The molecule has 4 heteroatoms. The number of carbonyl (C=O) groups is 1. The molecule has 0 aliphatic heterocycles. The maximum atomic E-state index is 12.0. The first kappa shape index (κ1) is 12.5. The summed E-state index contributed by atoms with van der Waals surface area (Å²) in [5, 5.41) is 18.7. The van der Waals surface area contributed by atoms with Crippen molar-refractivity contribution in [3.05, 3.63) is 29.8 Å². The van der Waals surface area contributed by atoms with Gasteiger partial charge in [0.05, 0.1) is 17.7 Å². The van der Waals surface area contributed by atoms with Gasteiger partial charge in [-0.15, -0.1) is 0 Å². The van der Waals surface area contributed by atoms with Crippen LogP contribution >= 0.6 is 0 Å². The van der Waals surface area contributed by atoms with E-state index in [0.29, 0.717) is 0 Å². The van der Waals surface area contributed by atoms with Gasteiger partial charge in [-0.05, 0) is 26.0 Å². The van der Waals surface area contributed by atoms with E-state index >= 15 is 0 Å². The van der Waals surface area contributed by atoms with E-state index in [1.54, 1.807) is 39.1 Å². The van der Waals surface area contributed by atoms with Crippen molar-refractivity contribution < 1.29 is 15.0 Å². The fraction of sp³-hybridized carbons (Fsp3) is 0.417. The summed E-state index contributed by atoms with van der Waals surface area (Å²) in [6.07, 6.45) is 0. The first-order valence-electron chi connectivity index (χ1n) is 5.07. The van der Waals surface area contributed by atoms with E-state index < -0.39 is 5.54 Å². The number of amides is 1. The molecule has 0 saturated carbocycles. The molecule has 0 spiro atoms. The lowest BCUT2D eigenvalue weighted by atomic mass is 10.0. The lowest BCUT2D eigenvalue weighted by molar-refractivity contribution is 0.0470. The predicted molar refractivity (Wildman–Crippen MR) is 61.4 cm³/mol. The molecule has 0 fully saturated rings. The van der Waals surface area contributed by atoms with Crippen LogP contribution in [0.5, 0.6) is 5.75 Å². The summed E-state index contributed by atoms with van der Waals surface area (Å²) >= 11 is 0. The molecular formula is C12H17NO3. The first-order chi connectivity index (χ1) is 7.40. The number of likely N-dealkylation sites (N-methyl/N-ethyl adjacent to an activating group) is 1. The maximum Gasteiger partial charge on any atom is 0.257 e. The van der Waals surface area contributed by atoms with Crippen molar-refractivity contribution >= 4 is 5.91 Å². The Morgan fingerprint density at radius 1 is 1.38 bits per heavy atom. The zero-order valence-corrected chi connectivity index (χ0v) is 9.77. The Bertz CT molecular complexity index is 388. The van der Waals surface area contributed by atoms with Gasteiger partial charge in [0.1, 0.15) is 5.75 Å². The van der Waals surface area contributed by atoms with Crippen molar-refractivity contribution in [2.75, 3.05) is 13.7 Å². The maximum absolute atomic E-state index is 12.0. The monoisotopic (exact) mass is 223 g/mol. The molecule has 16 heavy (non-hydrogen) atoms. The molecule has 0 aromatic heterocycles. The molecule has 0 aliphatic carbocycles. The van der Waals surface area contributed by atoms with Gasteiger partial charge in [0.15, 0.2) is 0 Å². The van der Waals surface area contributed by atoms with E-state index in [0.717, 1.165) is 0 Å². The molecule has 1 amide bonds. The van der Waals surface area contributed by atoms with E-state index in [1.165, 1.54) is 11.0 Å². The molecule has 0 atom stereocenters. The van der Waals surface area contributed by atoms with E-state index in [-0.39, 0.29) is 23.8 Å². The van der Waals surface area contributed by atoms with Crippen LogP contribution in [-0.2, 0) is 0 Å². The Labute approximate surface area is 95.1 Å². The normalized spacial score (nSPS) is 11.2. The number of phenolic OH excluding ortho intramolecular Hbond substituents is 1. The van der Waals surface area contributed by atoms with Crippen LogP contribution in [0.4, 0.5) is 0 Å². The summed E-state index contributed by atoms with van der Waals surface area (Å²) in [6, 6.07) is 6.37. The zero-order valence-electron chi connectivity index (χ0n) is 9.77. The number of hydrogen-bond acceptors (Lipinski definition) is 3. The molecule has 2 N–H and O–H groups in total. The number of aliphatic hydroxyl groups is 1. The number of carbonyl (C=O) groups excluding carboxylic acids is 1. The number of para-hydroxylation sites is 1. The van der Waals surface area contributed by atoms with E-state index in [4.69, 9.17) is 0 Å². The lowest BCUT2D eigenvalue weighted by Gasteiger charge is -2.34. The van der Waals surface area contributed by atoms with Crippen LogP contribution in [0.2, 0.25) is 0 Å². The zero-order chi connectivity index (χ0) is 12.3. The van der Waals surface area contributed by atoms with Gasteiger partial charge in [0, 0.05) is 7.05 Å². The standard InChI is InChI=1S/C12H17NO3/c1-12(2,8-14)13(3)11(16)9-6-4-5-7-10(9)15/h4-7,14-15H,8H2,1-3H3. The van der Waals surface area contributed by atoms with E-state index in [2.05, 4.69) is 0 Å². The Morgan fingerprint density at radius 3 is 2.44 bits per heavy atom. The summed E-state index contributed by atoms with van der Waals surface area (Å²) in [5.74, 6) is -0.356. The third kappa shape index (κ3) is 2.33. The van der Waals surface area contributed by atoms with Crippen molar-refractivity contribution in [1.29, 1.82) is 0 Å². The highest BCUT2D eigenvalue weighted by atomic mass is 16.3. The highest BCUT2D eigenvalue weighted by Crippen LogP contribution is 2.21. The fourth-order valence-corrected chi connectivity index (χ4v) is 1.22. The van der Waals surface area contributed by atoms with Crippen molar-refractivity contribution in [2.24, 2.45) is 0 Å². The predicted octanol–water partition coefficient (Wildman–Crippen LogP) is 1.24. The number of benzene rings is 1. The molecule has 0 radical (unpaired) electrons. The van der Waals surface area contributed by atoms with Crippen LogP contribution in [0.25, 0.3) is 0 Å². The molecule has 1 rings (SSSR count). The Balaban J connectivity index is 3.00. The third-order valence-electron chi connectivity index (χ3n) is 2.73. The topological polar surface area (TPSA) is 60.8 Å². The molecule has 0 unspecified atom stereocenters. The molecule has 88 valence electrons. The van der Waals surface area contributed by atoms with Gasteiger partial charge in [0.2, 0.25) is 0 Å². The highest BCUT2D eigenvalue weighted by Gasteiger charge is 2.28. The average Bonchev–Trinajstić information content (AvgIpc) is 2.27. The van der Waals surface area contributed by atoms with Gasteiger partial charge in [-0.25, -0.2) is 0 Å². The van der Waals surface area contributed by atoms with Gasteiger partial charge >= 0.3 is 0 Å². The van der Waals surface area contributed by atoms with Gasteiger partial charge in [-0.1, -0.05) is 12.1 Å². The van der Waals surface area contributed by atoms with Crippen molar-refractivity contribution in [3.63, 3.8) is 0 Å². The fourth-order valence-electron chi connectivity index (χ4n) is 1.22. The second kappa shape index (κ2) is 4.53. The summed E-state index contributed by atoms with van der Waals surface area (Å²) in [5.41, 5.74) is -0.411. The van der Waals surface area contributed by atoms with Crippen LogP contribution in [-0.4, -0.2) is 40.2 Å². The number of aliphatic hydroxyl groups excluding tert-OH is 1. The largest absolute Gasteiger partial charge is 0.507 e. The van der Waals surface area contributed by atoms with Gasteiger partial charge < -0.3 is 15.1 Å². The SMILES string of the molecule is CN(C(=O)c1ccccc1O)C(C)(C)CO. The Kier molecular flexibility index (Phi) is 3.55. The van der Waals surface area contributed by atoms with E-state index in [1.807, 2.05) is 0 Å². The second-order valence-corrected chi connectivity index (χ2v) is 4.35. The molecule has 0 aliphatic rings. The second-order valence-electron chi connectivity index (χ2n) is 4.35. The molecule has 0 bridgehead atoms. The van der Waals surface area contributed by atoms with Crippen molar-refractivity contribution in [2.45, 2.75) is 19.4 Å². The molecule has 1 aromatic rings. The van der Waals surface area contributed by atoms with Crippen LogP contribution < -0.4 is 0 Å². The average molecular weight is 223 g/mol. The van der Waals surface area contributed by atoms with Crippen molar-refractivity contribution in [3.8, 4) is 5.75 Å². The van der Waals surface area contributed by atoms with E-state index in [9.17, 15) is 15.0 Å². The Morgan fingerprint density at radius 2 is 1.94 bits per heavy atom. The highest BCUT2D eigenvalue weighted by molar-refractivity contribution is 5.97. The van der Waals surface area contributed by atoms with Crippen LogP contribution in [0.15, 0.2) is 24.3 Å². The molecular weight excluding hydrogens is 206 g/mol. The summed E-state index contributed by atoms with van der Waals surface area (Å²) in [7, 11) is 1.60. The van der Waals surface area contributed by atoms with Gasteiger partial charge in [-0.3, -0.25) is 4.79 Å². The molecule has 1 aromatic carbocycles. The summed E-state index contributed by atoms with van der Waals surface area (Å²) in [4.78, 5) is 13.4. The first-order valence-corrected chi connectivity index (χ1v) is 5.07. The van der Waals surface area contributed by atoms with Gasteiger partial charge in [-0.2, -0.15) is 0 Å². The van der Waals surface area contributed by atoms with Crippen molar-refractivity contribution in [1.82, 2.24) is 4.90 Å². The number of rotatable bonds is 3. The van der Waals surface area contributed by atoms with Crippen LogP contribution in [0, 0.1) is 0 Å². The smallest absolute Gasteiger partial charge is 0.257 e. The number of nitrogens with zero attached hydrogens (tertiary/aromatic N) is 1. The van der Waals surface area contributed by atoms with Crippen LogP contribution in [0.1, 0.15) is 24.2 Å². The minimum atomic E-state index is -0.653. The third-order valence-corrected chi connectivity index (χ3v) is 2.73. The Hall–Kier alpha value is -1.55. The van der Waals surface area contributed by atoms with Gasteiger partial charge in [0.25, 0.3) is 5.91 Å². The minimum absolute atomic E-state index is 0.0481. The minimum Gasteiger partial charge on any atom is -0.507 e. The number of hydrogen-bond donors (Lipinski definition) is 2. The lowest BCUT2D eigenvalue weighted by Crippen LogP contribution is -2.47. The van der Waals surface area contributed by atoms with Crippen LogP contribution in [0.3, 0.4) is 0 Å². The summed E-state index contributed by atoms with van der Waals surface area (Å²) in [6.45, 7) is 3.37. The summed E-state index contributed by atoms with van der Waals surface area (Å²) < 4.78 is 0. The molecule has 0 heterocycles.